The van der Waals surface area contributed by atoms with Crippen molar-refractivity contribution in [1.82, 2.24) is 4.90 Å². The van der Waals surface area contributed by atoms with Gasteiger partial charge in [-0.25, -0.2) is 0 Å². The van der Waals surface area contributed by atoms with Gasteiger partial charge in [0.1, 0.15) is 0 Å². The van der Waals surface area contributed by atoms with Crippen LogP contribution in [-0.2, 0) is 17.9 Å². The molecule has 0 radical (unpaired) electrons. The monoisotopic (exact) mass is 409 g/mol. The minimum Gasteiger partial charge on any atom is -0.373 e. The van der Waals surface area contributed by atoms with Gasteiger partial charge in [-0.05, 0) is 73.8 Å². The highest BCUT2D eigenvalue weighted by atomic mass is 32.1. The topological polar surface area (TPSA) is 12.5 Å². The van der Waals surface area contributed by atoms with Crippen molar-refractivity contribution in [2.75, 3.05) is 19.7 Å². The van der Waals surface area contributed by atoms with Crippen LogP contribution < -0.4 is 0 Å². The maximum absolute atomic E-state index is 5.81. The van der Waals surface area contributed by atoms with E-state index >= 15 is 0 Å². The molecule has 1 heterocycles. The summed E-state index contributed by atoms with van der Waals surface area (Å²) in [6.07, 6.45) is 6.28. The van der Waals surface area contributed by atoms with Crippen LogP contribution in [0.1, 0.15) is 57.2 Å². The zero-order valence-electron chi connectivity index (χ0n) is 18.4. The molecule has 2 aromatic rings. The maximum Gasteiger partial charge on any atom is 0.0721 e. The SMILES string of the molecule is CCN(CCCC#CC(C)(C)C)Cc1cccc(COCC=Cc2ccsc2)c1. The van der Waals surface area contributed by atoms with Crippen molar-refractivity contribution in [1.29, 1.82) is 0 Å². The molecule has 0 saturated carbocycles. The van der Waals surface area contributed by atoms with E-state index in [1.54, 1.807) is 11.3 Å². The van der Waals surface area contributed by atoms with Crippen LogP contribution in [0.25, 0.3) is 6.08 Å². The van der Waals surface area contributed by atoms with Crippen LogP contribution in [0.2, 0.25) is 0 Å². The van der Waals surface area contributed by atoms with Gasteiger partial charge >= 0.3 is 0 Å². The fourth-order valence-corrected chi connectivity index (χ4v) is 3.57. The molecular formula is C26H35NOS. The van der Waals surface area contributed by atoms with Gasteiger partial charge in [0.2, 0.25) is 0 Å². The van der Waals surface area contributed by atoms with Crippen LogP contribution in [-0.4, -0.2) is 24.6 Å². The van der Waals surface area contributed by atoms with Crippen molar-refractivity contribution in [2.24, 2.45) is 5.41 Å². The second kappa shape index (κ2) is 12.6. The number of hydrogen-bond donors (Lipinski definition) is 0. The maximum atomic E-state index is 5.81. The molecule has 1 aromatic heterocycles. The van der Waals surface area contributed by atoms with Crippen molar-refractivity contribution in [3.8, 4) is 11.8 Å². The van der Waals surface area contributed by atoms with E-state index in [-0.39, 0.29) is 5.41 Å². The first-order valence-electron chi connectivity index (χ1n) is 10.5. The summed E-state index contributed by atoms with van der Waals surface area (Å²) in [6, 6.07) is 10.9. The molecule has 156 valence electrons. The average molecular weight is 410 g/mol. The second-order valence-electron chi connectivity index (χ2n) is 8.32. The van der Waals surface area contributed by atoms with Gasteiger partial charge in [-0.3, -0.25) is 4.90 Å². The number of benzene rings is 1. The summed E-state index contributed by atoms with van der Waals surface area (Å²) in [5.41, 5.74) is 3.93. The van der Waals surface area contributed by atoms with Gasteiger partial charge in [-0.15, -0.1) is 5.92 Å². The van der Waals surface area contributed by atoms with Gasteiger partial charge < -0.3 is 4.74 Å². The van der Waals surface area contributed by atoms with E-state index in [1.807, 2.05) is 0 Å². The average Bonchev–Trinajstić information content (AvgIpc) is 3.19. The predicted molar refractivity (Wildman–Crippen MR) is 127 cm³/mol. The minimum absolute atomic E-state index is 0.104. The van der Waals surface area contributed by atoms with Crippen LogP contribution >= 0.6 is 11.3 Å². The number of rotatable bonds is 11. The zero-order valence-corrected chi connectivity index (χ0v) is 19.2. The molecule has 0 unspecified atom stereocenters. The Hall–Kier alpha value is -1.86. The molecule has 0 fully saturated rings. The predicted octanol–water partition coefficient (Wildman–Crippen LogP) is 6.63. The lowest BCUT2D eigenvalue weighted by Crippen LogP contribution is -2.24. The molecule has 2 nitrogen and oxygen atoms in total. The molecule has 3 heteroatoms. The Bertz CT molecular complexity index is 790. The lowest BCUT2D eigenvalue weighted by Gasteiger charge is -2.20. The largest absolute Gasteiger partial charge is 0.373 e. The molecule has 2 rings (SSSR count). The molecule has 0 aliphatic rings. The van der Waals surface area contributed by atoms with Crippen LogP contribution in [0, 0.1) is 17.3 Å². The quantitative estimate of drug-likeness (QED) is 0.305. The molecule has 0 aliphatic carbocycles. The molecule has 0 bridgehead atoms. The molecule has 1 aromatic carbocycles. The van der Waals surface area contributed by atoms with Gasteiger partial charge in [-0.2, -0.15) is 11.3 Å². The standard InChI is InChI=1S/C26H35NOS/c1-5-27(16-8-6-7-15-26(2,3)4)20-24-11-9-12-25(19-24)21-28-17-10-13-23-14-18-29-22-23/h9-14,18-19,22H,5-6,8,16-17,20-21H2,1-4H3. The highest BCUT2D eigenvalue weighted by Gasteiger charge is 2.05. The van der Waals surface area contributed by atoms with Gasteiger partial charge in [-0.1, -0.05) is 49.3 Å². The summed E-state index contributed by atoms with van der Waals surface area (Å²) in [5, 5.41) is 4.22. The molecule has 0 amide bonds. The van der Waals surface area contributed by atoms with Crippen molar-refractivity contribution in [3.63, 3.8) is 0 Å². The summed E-state index contributed by atoms with van der Waals surface area (Å²) in [6.45, 7) is 13.1. The number of nitrogens with zero attached hydrogens (tertiary/aromatic N) is 1. The van der Waals surface area contributed by atoms with Crippen LogP contribution in [0.4, 0.5) is 0 Å². The van der Waals surface area contributed by atoms with E-state index in [9.17, 15) is 0 Å². The third-order valence-electron chi connectivity index (χ3n) is 4.42. The zero-order chi connectivity index (χ0) is 21.0. The van der Waals surface area contributed by atoms with Crippen LogP contribution in [0.5, 0.6) is 0 Å². The summed E-state index contributed by atoms with van der Waals surface area (Å²) >= 11 is 1.71. The van der Waals surface area contributed by atoms with E-state index in [4.69, 9.17) is 4.74 Å². The van der Waals surface area contributed by atoms with Gasteiger partial charge in [0.05, 0.1) is 13.2 Å². The van der Waals surface area contributed by atoms with E-state index < -0.39 is 0 Å². The smallest absolute Gasteiger partial charge is 0.0721 e. The highest BCUT2D eigenvalue weighted by molar-refractivity contribution is 7.08. The first-order valence-corrected chi connectivity index (χ1v) is 11.5. The Morgan fingerprint density at radius 3 is 2.72 bits per heavy atom. The van der Waals surface area contributed by atoms with Crippen molar-refractivity contribution < 1.29 is 4.74 Å². The molecule has 0 atom stereocenters. The summed E-state index contributed by atoms with van der Waals surface area (Å²) in [5.74, 6) is 6.64. The molecular weight excluding hydrogens is 374 g/mol. The van der Waals surface area contributed by atoms with Gasteiger partial charge in [0.15, 0.2) is 0 Å². The van der Waals surface area contributed by atoms with Crippen molar-refractivity contribution in [2.45, 2.75) is 53.7 Å². The summed E-state index contributed by atoms with van der Waals surface area (Å²) < 4.78 is 5.81. The second-order valence-corrected chi connectivity index (χ2v) is 9.10. The minimum atomic E-state index is 0.104. The lowest BCUT2D eigenvalue weighted by atomic mass is 9.98. The number of unbranched alkanes of at least 4 members (excludes halogenated alkanes) is 1. The number of hydrogen-bond acceptors (Lipinski definition) is 3. The fraction of sp³-hybridized carbons (Fsp3) is 0.462. The lowest BCUT2D eigenvalue weighted by molar-refractivity contribution is 0.149. The molecule has 0 N–H and O–H groups in total. The third kappa shape index (κ3) is 10.5. The first-order chi connectivity index (χ1) is 14.0. The van der Waals surface area contributed by atoms with Gasteiger partial charge in [0, 0.05) is 18.4 Å². The Morgan fingerprint density at radius 1 is 1.17 bits per heavy atom. The van der Waals surface area contributed by atoms with E-state index in [0.29, 0.717) is 13.2 Å². The summed E-state index contributed by atoms with van der Waals surface area (Å²) in [4.78, 5) is 2.49. The van der Waals surface area contributed by atoms with Crippen molar-refractivity contribution >= 4 is 17.4 Å². The Labute approximate surface area is 181 Å². The molecule has 29 heavy (non-hydrogen) atoms. The Morgan fingerprint density at radius 2 is 2.00 bits per heavy atom. The fourth-order valence-electron chi connectivity index (χ4n) is 2.94. The first kappa shape index (κ1) is 23.4. The van der Waals surface area contributed by atoms with E-state index in [1.165, 1.54) is 16.7 Å². The van der Waals surface area contributed by atoms with E-state index in [0.717, 1.165) is 32.5 Å². The number of ether oxygens (including phenoxy) is 1. The molecule has 0 aliphatic heterocycles. The summed E-state index contributed by atoms with van der Waals surface area (Å²) in [7, 11) is 0. The third-order valence-corrected chi connectivity index (χ3v) is 5.12. The Kier molecular flexibility index (Phi) is 10.2. The van der Waals surface area contributed by atoms with Crippen molar-refractivity contribution in [3.05, 3.63) is 63.9 Å². The molecule has 0 saturated heterocycles. The number of thiophene rings is 1. The van der Waals surface area contributed by atoms with Crippen LogP contribution in [0.15, 0.2) is 47.2 Å². The van der Waals surface area contributed by atoms with Gasteiger partial charge in [0.25, 0.3) is 0 Å². The Balaban J connectivity index is 1.74. The normalized spacial score (nSPS) is 11.8. The van der Waals surface area contributed by atoms with E-state index in [2.05, 4.69) is 97.7 Å². The van der Waals surface area contributed by atoms with Crippen LogP contribution in [0.3, 0.4) is 0 Å². The highest BCUT2D eigenvalue weighted by Crippen LogP contribution is 2.12. The molecule has 0 spiro atoms.